The molecule has 0 saturated carbocycles. The first kappa shape index (κ1) is 12.0. The molecule has 0 spiro atoms. The highest BCUT2D eigenvalue weighted by atomic mass is 16.5. The topological polar surface area (TPSA) is 72.5 Å². The molecule has 4 heteroatoms. The lowest BCUT2D eigenvalue weighted by molar-refractivity contribution is 0.0694. The summed E-state index contributed by atoms with van der Waals surface area (Å²) in [7, 11) is 0. The molecule has 0 aliphatic heterocycles. The van der Waals surface area contributed by atoms with E-state index in [4.69, 9.17) is 15.6 Å². The lowest BCUT2D eigenvalue weighted by atomic mass is 10.1. The number of rotatable bonds is 4. The molecule has 18 heavy (non-hydrogen) atoms. The minimum atomic E-state index is -0.952. The van der Waals surface area contributed by atoms with E-state index in [0.29, 0.717) is 17.0 Å². The lowest BCUT2D eigenvalue weighted by Crippen LogP contribution is -2.05. The Morgan fingerprint density at radius 3 is 2.44 bits per heavy atom. The van der Waals surface area contributed by atoms with Gasteiger partial charge in [-0.05, 0) is 30.3 Å². The fourth-order valence-electron chi connectivity index (χ4n) is 1.58. The smallest absolute Gasteiger partial charge is 0.336 e. The molecular weight excluding hydrogens is 230 g/mol. The minimum absolute atomic E-state index is 0.215. The summed E-state index contributed by atoms with van der Waals surface area (Å²) < 4.78 is 5.52. The van der Waals surface area contributed by atoms with Crippen molar-refractivity contribution in [3.8, 4) is 5.75 Å². The van der Waals surface area contributed by atoms with Gasteiger partial charge in [0.15, 0.2) is 0 Å². The van der Waals surface area contributed by atoms with Gasteiger partial charge in [0.2, 0.25) is 0 Å². The predicted molar refractivity (Wildman–Crippen MR) is 68.6 cm³/mol. The van der Waals surface area contributed by atoms with Crippen LogP contribution in [0, 0.1) is 0 Å². The fraction of sp³-hybridized carbons (Fsp3) is 0.0714. The Hall–Kier alpha value is -2.49. The van der Waals surface area contributed by atoms with Gasteiger partial charge in [0.1, 0.15) is 12.4 Å². The molecule has 92 valence electrons. The number of benzene rings is 2. The second kappa shape index (κ2) is 5.23. The molecule has 0 atom stereocenters. The van der Waals surface area contributed by atoms with Gasteiger partial charge in [0.25, 0.3) is 0 Å². The number of aromatic carboxylic acids is 1. The Labute approximate surface area is 105 Å². The zero-order valence-corrected chi connectivity index (χ0v) is 9.67. The predicted octanol–water partition coefficient (Wildman–Crippen LogP) is 2.55. The molecule has 3 N–H and O–H groups in total. The van der Waals surface area contributed by atoms with Crippen molar-refractivity contribution in [1.29, 1.82) is 0 Å². The maximum absolute atomic E-state index is 11.0. The molecule has 0 unspecified atom stereocenters. The van der Waals surface area contributed by atoms with Crippen LogP contribution in [0.25, 0.3) is 0 Å². The standard InChI is InChI=1S/C14H13NO3/c15-11-5-7-12(8-6-11)18-9-10-3-1-2-4-13(10)14(16)17/h1-8H,9,15H2,(H,16,17). The SMILES string of the molecule is Nc1ccc(OCc2ccccc2C(=O)O)cc1. The van der Waals surface area contributed by atoms with Crippen LogP contribution in [0.2, 0.25) is 0 Å². The first-order chi connectivity index (χ1) is 8.66. The summed E-state index contributed by atoms with van der Waals surface area (Å²) >= 11 is 0. The molecule has 0 amide bonds. The lowest BCUT2D eigenvalue weighted by Gasteiger charge is -2.08. The van der Waals surface area contributed by atoms with Gasteiger partial charge < -0.3 is 15.6 Å². The zero-order chi connectivity index (χ0) is 13.0. The second-order valence-corrected chi connectivity index (χ2v) is 3.82. The van der Waals surface area contributed by atoms with E-state index in [9.17, 15) is 4.79 Å². The molecule has 0 saturated heterocycles. The van der Waals surface area contributed by atoms with Gasteiger partial charge >= 0.3 is 5.97 Å². The summed E-state index contributed by atoms with van der Waals surface area (Å²) in [4.78, 5) is 11.0. The van der Waals surface area contributed by atoms with Crippen LogP contribution in [0.4, 0.5) is 5.69 Å². The Balaban J connectivity index is 2.10. The van der Waals surface area contributed by atoms with Crippen LogP contribution >= 0.6 is 0 Å². The van der Waals surface area contributed by atoms with Crippen molar-refractivity contribution < 1.29 is 14.6 Å². The number of hydrogen-bond acceptors (Lipinski definition) is 3. The molecule has 0 aliphatic carbocycles. The van der Waals surface area contributed by atoms with E-state index >= 15 is 0 Å². The Morgan fingerprint density at radius 2 is 1.78 bits per heavy atom. The van der Waals surface area contributed by atoms with Gasteiger partial charge in [-0.3, -0.25) is 0 Å². The fourth-order valence-corrected chi connectivity index (χ4v) is 1.58. The number of nitrogen functional groups attached to an aromatic ring is 1. The van der Waals surface area contributed by atoms with Crippen LogP contribution in [0.3, 0.4) is 0 Å². The average Bonchev–Trinajstić information content (AvgIpc) is 2.38. The van der Waals surface area contributed by atoms with E-state index in [2.05, 4.69) is 0 Å². The highest BCUT2D eigenvalue weighted by Gasteiger charge is 2.09. The molecule has 0 heterocycles. The monoisotopic (exact) mass is 243 g/mol. The minimum Gasteiger partial charge on any atom is -0.489 e. The first-order valence-electron chi connectivity index (χ1n) is 5.46. The van der Waals surface area contributed by atoms with E-state index < -0.39 is 5.97 Å². The molecular formula is C14H13NO3. The number of carboxylic acids is 1. The number of anilines is 1. The van der Waals surface area contributed by atoms with Crippen LogP contribution < -0.4 is 10.5 Å². The van der Waals surface area contributed by atoms with Crippen LogP contribution in [0.1, 0.15) is 15.9 Å². The van der Waals surface area contributed by atoms with Crippen molar-refractivity contribution in [2.75, 3.05) is 5.73 Å². The second-order valence-electron chi connectivity index (χ2n) is 3.82. The van der Waals surface area contributed by atoms with Crippen molar-refractivity contribution in [2.24, 2.45) is 0 Å². The van der Waals surface area contributed by atoms with Crippen molar-refractivity contribution in [3.05, 3.63) is 59.7 Å². The molecule has 2 rings (SSSR count). The third kappa shape index (κ3) is 2.79. The summed E-state index contributed by atoms with van der Waals surface area (Å²) in [5.74, 6) is -0.295. The van der Waals surface area contributed by atoms with Crippen molar-refractivity contribution in [2.45, 2.75) is 6.61 Å². The molecule has 0 fully saturated rings. The van der Waals surface area contributed by atoms with Crippen molar-refractivity contribution in [3.63, 3.8) is 0 Å². The quantitative estimate of drug-likeness (QED) is 0.809. The largest absolute Gasteiger partial charge is 0.489 e. The third-order valence-electron chi connectivity index (χ3n) is 2.52. The van der Waals surface area contributed by atoms with E-state index in [1.807, 2.05) is 0 Å². The Kier molecular flexibility index (Phi) is 3.48. The highest BCUT2D eigenvalue weighted by molar-refractivity contribution is 5.89. The zero-order valence-electron chi connectivity index (χ0n) is 9.67. The third-order valence-corrected chi connectivity index (χ3v) is 2.52. The summed E-state index contributed by atoms with van der Waals surface area (Å²) in [5, 5.41) is 9.03. The average molecular weight is 243 g/mol. The number of hydrogen-bond donors (Lipinski definition) is 2. The molecule has 2 aromatic rings. The van der Waals surface area contributed by atoms with Crippen LogP contribution in [-0.4, -0.2) is 11.1 Å². The van der Waals surface area contributed by atoms with Gasteiger partial charge in [0, 0.05) is 11.3 Å². The number of carboxylic acid groups (broad SMARTS) is 1. The molecule has 2 aromatic carbocycles. The summed E-state index contributed by atoms with van der Waals surface area (Å²) in [6.07, 6.45) is 0. The van der Waals surface area contributed by atoms with E-state index in [0.717, 1.165) is 0 Å². The molecule has 0 aliphatic rings. The number of ether oxygens (including phenoxy) is 1. The van der Waals surface area contributed by atoms with E-state index in [1.165, 1.54) is 0 Å². The van der Waals surface area contributed by atoms with Gasteiger partial charge in [-0.25, -0.2) is 4.79 Å². The maximum atomic E-state index is 11.0. The van der Waals surface area contributed by atoms with Gasteiger partial charge in [0.05, 0.1) is 5.56 Å². The van der Waals surface area contributed by atoms with E-state index in [-0.39, 0.29) is 12.2 Å². The molecule has 0 bridgehead atoms. The number of carbonyl (C=O) groups is 1. The van der Waals surface area contributed by atoms with E-state index in [1.54, 1.807) is 48.5 Å². The van der Waals surface area contributed by atoms with Crippen LogP contribution in [-0.2, 0) is 6.61 Å². The van der Waals surface area contributed by atoms with Gasteiger partial charge in [-0.1, -0.05) is 18.2 Å². The van der Waals surface area contributed by atoms with Gasteiger partial charge in [-0.2, -0.15) is 0 Å². The first-order valence-corrected chi connectivity index (χ1v) is 5.46. The molecule has 0 aromatic heterocycles. The molecule has 0 radical (unpaired) electrons. The van der Waals surface area contributed by atoms with Crippen molar-refractivity contribution in [1.82, 2.24) is 0 Å². The Bertz CT molecular complexity index is 549. The summed E-state index contributed by atoms with van der Waals surface area (Å²) in [5.41, 5.74) is 7.12. The molecule has 4 nitrogen and oxygen atoms in total. The number of nitrogens with two attached hydrogens (primary N) is 1. The summed E-state index contributed by atoms with van der Waals surface area (Å²) in [6.45, 7) is 0.215. The normalized spacial score (nSPS) is 10.0. The summed E-state index contributed by atoms with van der Waals surface area (Å²) in [6, 6.07) is 13.7. The maximum Gasteiger partial charge on any atom is 0.336 e. The van der Waals surface area contributed by atoms with Crippen LogP contribution in [0.15, 0.2) is 48.5 Å². The van der Waals surface area contributed by atoms with Crippen molar-refractivity contribution >= 4 is 11.7 Å². The highest BCUT2D eigenvalue weighted by Crippen LogP contribution is 2.16. The Morgan fingerprint density at radius 1 is 1.11 bits per heavy atom. The van der Waals surface area contributed by atoms with Gasteiger partial charge in [-0.15, -0.1) is 0 Å². The van der Waals surface area contributed by atoms with Crippen LogP contribution in [0.5, 0.6) is 5.75 Å².